The first-order valence-corrected chi connectivity index (χ1v) is 5.81. The number of nitrogens with one attached hydrogen (secondary N) is 1. The molecule has 1 atom stereocenters. The Morgan fingerprint density at radius 2 is 2.39 bits per heavy atom. The summed E-state index contributed by atoms with van der Waals surface area (Å²) in [6.07, 6.45) is 1.66. The average molecular weight is 249 g/mol. The lowest BCUT2D eigenvalue weighted by atomic mass is 10.1. The van der Waals surface area contributed by atoms with Crippen LogP contribution in [0.1, 0.15) is 25.6 Å². The van der Waals surface area contributed by atoms with Gasteiger partial charge in [-0.2, -0.15) is 0 Å². The molecular weight excluding hydrogens is 234 g/mol. The van der Waals surface area contributed by atoms with E-state index in [2.05, 4.69) is 10.3 Å². The molecule has 0 aliphatic carbocycles. The third kappa shape index (κ3) is 2.27. The van der Waals surface area contributed by atoms with Crippen LogP contribution in [0.15, 0.2) is 18.3 Å². The number of ether oxygens (including phenoxy) is 1. The number of nitrogens with zero attached hydrogens (tertiary/aromatic N) is 2. The molecule has 2 rings (SSSR count). The summed E-state index contributed by atoms with van der Waals surface area (Å²) in [7, 11) is 0. The highest BCUT2D eigenvalue weighted by atomic mass is 16.5. The fourth-order valence-corrected chi connectivity index (χ4v) is 1.92. The Kier molecular flexibility index (Phi) is 3.45. The van der Waals surface area contributed by atoms with E-state index in [0.29, 0.717) is 12.3 Å². The van der Waals surface area contributed by atoms with Crippen LogP contribution in [0.4, 0.5) is 10.5 Å². The van der Waals surface area contributed by atoms with Crippen LogP contribution in [0.2, 0.25) is 0 Å². The Hall–Kier alpha value is -2.11. The van der Waals surface area contributed by atoms with E-state index in [4.69, 9.17) is 4.74 Å². The lowest BCUT2D eigenvalue weighted by molar-refractivity contribution is -0.144. The highest BCUT2D eigenvalue weighted by Gasteiger charge is 2.31. The van der Waals surface area contributed by atoms with Crippen LogP contribution in [0.25, 0.3) is 0 Å². The van der Waals surface area contributed by atoms with Gasteiger partial charge < -0.3 is 15.0 Å². The molecule has 6 heteroatoms. The Labute approximate surface area is 105 Å². The number of amides is 2. The van der Waals surface area contributed by atoms with Crippen molar-refractivity contribution < 1.29 is 14.3 Å². The molecule has 1 aliphatic rings. The highest BCUT2D eigenvalue weighted by molar-refractivity contribution is 5.94. The molecule has 96 valence electrons. The standard InChI is InChI=1S/C12H15N3O3/c1-3-18-10(16)7-15-8(2)11-9(14-12(15)17)5-4-6-13-11/h4-6,8H,3,7H2,1-2H3,(H,14,17). The summed E-state index contributed by atoms with van der Waals surface area (Å²) < 4.78 is 4.85. The van der Waals surface area contributed by atoms with Gasteiger partial charge in [-0.3, -0.25) is 9.78 Å². The lowest BCUT2D eigenvalue weighted by Crippen LogP contribution is -2.44. The zero-order valence-electron chi connectivity index (χ0n) is 10.3. The summed E-state index contributed by atoms with van der Waals surface area (Å²) in [4.78, 5) is 29.0. The van der Waals surface area contributed by atoms with Crippen LogP contribution in [-0.4, -0.2) is 35.0 Å². The minimum absolute atomic E-state index is 0.0726. The van der Waals surface area contributed by atoms with Crippen LogP contribution in [0.3, 0.4) is 0 Å². The van der Waals surface area contributed by atoms with Crippen molar-refractivity contribution in [3.8, 4) is 0 Å². The predicted molar refractivity (Wildman–Crippen MR) is 65.0 cm³/mol. The molecule has 0 bridgehead atoms. The molecule has 1 N–H and O–H groups in total. The quantitative estimate of drug-likeness (QED) is 0.825. The van der Waals surface area contributed by atoms with Crippen molar-refractivity contribution in [2.45, 2.75) is 19.9 Å². The second-order valence-electron chi connectivity index (χ2n) is 3.98. The average Bonchev–Trinajstić information content (AvgIpc) is 2.35. The maximum absolute atomic E-state index is 11.9. The number of hydrogen-bond donors (Lipinski definition) is 1. The van der Waals surface area contributed by atoms with E-state index in [1.165, 1.54) is 4.90 Å². The minimum Gasteiger partial charge on any atom is -0.465 e. The van der Waals surface area contributed by atoms with Gasteiger partial charge in [0.15, 0.2) is 0 Å². The molecule has 0 fully saturated rings. The molecule has 1 aromatic rings. The molecule has 1 aromatic heterocycles. The van der Waals surface area contributed by atoms with Gasteiger partial charge in [0.25, 0.3) is 0 Å². The number of urea groups is 1. The van der Waals surface area contributed by atoms with Crippen molar-refractivity contribution in [1.29, 1.82) is 0 Å². The SMILES string of the molecule is CCOC(=O)CN1C(=O)Nc2cccnc2C1C. The Morgan fingerprint density at radius 1 is 1.61 bits per heavy atom. The summed E-state index contributed by atoms with van der Waals surface area (Å²) in [5.74, 6) is -0.418. The molecule has 0 saturated heterocycles. The molecule has 0 radical (unpaired) electrons. The van der Waals surface area contributed by atoms with E-state index in [1.54, 1.807) is 25.3 Å². The summed E-state index contributed by atoms with van der Waals surface area (Å²) in [5, 5.41) is 2.70. The third-order valence-corrected chi connectivity index (χ3v) is 2.81. The number of aromatic nitrogens is 1. The summed E-state index contributed by atoms with van der Waals surface area (Å²) in [6.45, 7) is 3.80. The van der Waals surface area contributed by atoms with E-state index in [-0.39, 0.29) is 18.6 Å². The number of carbonyl (C=O) groups excluding carboxylic acids is 2. The van der Waals surface area contributed by atoms with Crippen molar-refractivity contribution in [2.75, 3.05) is 18.5 Å². The smallest absolute Gasteiger partial charge is 0.325 e. The topological polar surface area (TPSA) is 71.5 Å². The molecule has 1 aliphatic heterocycles. The van der Waals surface area contributed by atoms with Crippen molar-refractivity contribution in [2.24, 2.45) is 0 Å². The van der Waals surface area contributed by atoms with Crippen molar-refractivity contribution in [1.82, 2.24) is 9.88 Å². The molecule has 0 spiro atoms. The predicted octanol–water partition coefficient (Wildman–Crippen LogP) is 1.55. The number of hydrogen-bond acceptors (Lipinski definition) is 4. The van der Waals surface area contributed by atoms with Crippen molar-refractivity contribution in [3.05, 3.63) is 24.0 Å². The third-order valence-electron chi connectivity index (χ3n) is 2.81. The van der Waals surface area contributed by atoms with Crippen LogP contribution >= 0.6 is 0 Å². The van der Waals surface area contributed by atoms with Gasteiger partial charge in [-0.1, -0.05) is 0 Å². The van der Waals surface area contributed by atoms with Crippen molar-refractivity contribution >= 4 is 17.7 Å². The molecule has 0 aromatic carbocycles. The molecular formula is C12H15N3O3. The van der Waals surface area contributed by atoms with E-state index in [9.17, 15) is 9.59 Å². The van der Waals surface area contributed by atoms with E-state index in [0.717, 1.165) is 5.69 Å². The zero-order chi connectivity index (χ0) is 13.1. The molecule has 6 nitrogen and oxygen atoms in total. The zero-order valence-corrected chi connectivity index (χ0v) is 10.3. The van der Waals surface area contributed by atoms with Gasteiger partial charge in [-0.15, -0.1) is 0 Å². The van der Waals surface area contributed by atoms with Gasteiger partial charge in [-0.25, -0.2) is 4.79 Å². The first-order valence-electron chi connectivity index (χ1n) is 5.81. The van der Waals surface area contributed by atoms with Gasteiger partial charge >= 0.3 is 12.0 Å². The second kappa shape index (κ2) is 5.03. The van der Waals surface area contributed by atoms with Gasteiger partial charge in [-0.05, 0) is 26.0 Å². The largest absolute Gasteiger partial charge is 0.465 e. The van der Waals surface area contributed by atoms with Crippen LogP contribution in [0, 0.1) is 0 Å². The number of anilines is 1. The van der Waals surface area contributed by atoms with Gasteiger partial charge in [0.05, 0.1) is 24.0 Å². The Bertz CT molecular complexity index is 475. The molecule has 18 heavy (non-hydrogen) atoms. The lowest BCUT2D eigenvalue weighted by Gasteiger charge is -2.33. The molecule has 2 amide bonds. The highest BCUT2D eigenvalue weighted by Crippen LogP contribution is 2.30. The fourth-order valence-electron chi connectivity index (χ4n) is 1.92. The van der Waals surface area contributed by atoms with Crippen LogP contribution < -0.4 is 5.32 Å². The first kappa shape index (κ1) is 12.3. The van der Waals surface area contributed by atoms with Crippen LogP contribution in [-0.2, 0) is 9.53 Å². The first-order chi connectivity index (χ1) is 8.63. The van der Waals surface area contributed by atoms with Gasteiger partial charge in [0, 0.05) is 6.20 Å². The molecule has 0 saturated carbocycles. The number of fused-ring (bicyclic) bond motifs is 1. The molecule has 2 heterocycles. The summed E-state index contributed by atoms with van der Waals surface area (Å²) in [5.41, 5.74) is 1.44. The van der Waals surface area contributed by atoms with Gasteiger partial charge in [0.2, 0.25) is 0 Å². The van der Waals surface area contributed by atoms with E-state index in [1.807, 2.05) is 6.92 Å². The summed E-state index contributed by atoms with van der Waals surface area (Å²) >= 11 is 0. The normalized spacial score (nSPS) is 18.0. The second-order valence-corrected chi connectivity index (χ2v) is 3.98. The van der Waals surface area contributed by atoms with Crippen LogP contribution in [0.5, 0.6) is 0 Å². The number of rotatable bonds is 3. The maximum Gasteiger partial charge on any atom is 0.325 e. The Balaban J connectivity index is 2.19. The maximum atomic E-state index is 11.9. The van der Waals surface area contributed by atoms with E-state index < -0.39 is 5.97 Å². The van der Waals surface area contributed by atoms with Gasteiger partial charge in [0.1, 0.15) is 6.54 Å². The Morgan fingerprint density at radius 3 is 3.11 bits per heavy atom. The number of carbonyl (C=O) groups is 2. The summed E-state index contributed by atoms with van der Waals surface area (Å²) in [6, 6.07) is 2.99. The fraction of sp³-hybridized carbons (Fsp3) is 0.417. The van der Waals surface area contributed by atoms with E-state index >= 15 is 0 Å². The molecule has 1 unspecified atom stereocenters. The number of esters is 1. The number of pyridine rings is 1. The van der Waals surface area contributed by atoms with Crippen molar-refractivity contribution in [3.63, 3.8) is 0 Å². The monoisotopic (exact) mass is 249 g/mol. The minimum atomic E-state index is -0.418.